The number of nitrogens with zero attached hydrogens (tertiary/aromatic N) is 5. The van der Waals surface area contributed by atoms with E-state index in [0.717, 1.165) is 18.7 Å². The molecule has 1 unspecified atom stereocenters. The van der Waals surface area contributed by atoms with E-state index in [1.165, 1.54) is 15.8 Å². The average Bonchev–Trinajstić information content (AvgIpc) is 2.69. The minimum absolute atomic E-state index is 0.0999. The first-order valence-electron chi connectivity index (χ1n) is 9.37. The summed E-state index contributed by atoms with van der Waals surface area (Å²) >= 11 is 0. The topological polar surface area (TPSA) is 61.7 Å². The molecule has 1 aromatic heterocycles. The van der Waals surface area contributed by atoms with Crippen LogP contribution in [-0.4, -0.2) is 64.8 Å². The van der Waals surface area contributed by atoms with Crippen molar-refractivity contribution in [2.75, 3.05) is 38.1 Å². The van der Waals surface area contributed by atoms with Crippen LogP contribution in [-0.2, 0) is 24.8 Å². The molecule has 0 N–H and O–H groups in total. The van der Waals surface area contributed by atoms with Gasteiger partial charge in [-0.15, -0.1) is 0 Å². The zero-order chi connectivity index (χ0) is 19.0. The van der Waals surface area contributed by atoms with Crippen molar-refractivity contribution in [3.63, 3.8) is 0 Å². The molecular formula is C20H25N5O2. The summed E-state index contributed by atoms with van der Waals surface area (Å²) in [6, 6.07) is 9.88. The smallest absolute Gasteiger partial charge is 0.268 e. The number of amides is 1. The minimum atomic E-state index is -0.117. The van der Waals surface area contributed by atoms with Crippen molar-refractivity contribution < 1.29 is 4.79 Å². The number of rotatable bonds is 2. The van der Waals surface area contributed by atoms with E-state index in [-0.39, 0.29) is 17.5 Å². The van der Waals surface area contributed by atoms with Gasteiger partial charge in [0, 0.05) is 45.8 Å². The highest BCUT2D eigenvalue weighted by Crippen LogP contribution is 2.24. The van der Waals surface area contributed by atoms with Gasteiger partial charge in [0.1, 0.15) is 0 Å². The molecule has 0 aliphatic carbocycles. The van der Waals surface area contributed by atoms with Gasteiger partial charge in [-0.2, -0.15) is 5.10 Å². The molecule has 1 saturated heterocycles. The van der Waals surface area contributed by atoms with Gasteiger partial charge in [-0.25, -0.2) is 4.68 Å². The highest BCUT2D eigenvalue weighted by Gasteiger charge is 2.33. The normalized spacial score (nSPS) is 20.4. The summed E-state index contributed by atoms with van der Waals surface area (Å²) < 4.78 is 1.32. The molecule has 0 saturated carbocycles. The molecule has 7 nitrogen and oxygen atoms in total. The van der Waals surface area contributed by atoms with Gasteiger partial charge in [-0.3, -0.25) is 14.5 Å². The molecule has 2 aliphatic heterocycles. The Morgan fingerprint density at radius 2 is 1.78 bits per heavy atom. The van der Waals surface area contributed by atoms with E-state index < -0.39 is 0 Å². The average molecular weight is 367 g/mol. The standard InChI is InChI=1S/C20H25N5O2/c1-22-14-16-6-4-3-5-15(16)11-18(22)20(27)25-9-7-24(8-10-25)17-12-19(26)23(2)21-13-17/h3-6,12-13,18H,7-11,14H2,1-2H3. The van der Waals surface area contributed by atoms with Gasteiger partial charge in [0.05, 0.1) is 17.9 Å². The van der Waals surface area contributed by atoms with Gasteiger partial charge in [-0.1, -0.05) is 24.3 Å². The number of aromatic nitrogens is 2. The molecule has 1 aromatic carbocycles. The van der Waals surface area contributed by atoms with Crippen LogP contribution in [0.2, 0.25) is 0 Å². The van der Waals surface area contributed by atoms with Crippen LogP contribution < -0.4 is 10.5 Å². The van der Waals surface area contributed by atoms with E-state index in [9.17, 15) is 9.59 Å². The largest absolute Gasteiger partial charge is 0.367 e. The lowest BCUT2D eigenvalue weighted by atomic mass is 9.93. The molecule has 0 bridgehead atoms. The molecule has 142 valence electrons. The number of carbonyl (C=O) groups excluding carboxylic acids is 1. The first-order valence-corrected chi connectivity index (χ1v) is 9.37. The predicted molar refractivity (Wildman–Crippen MR) is 104 cm³/mol. The van der Waals surface area contributed by atoms with E-state index in [0.29, 0.717) is 26.2 Å². The number of likely N-dealkylation sites (N-methyl/N-ethyl adjacent to an activating group) is 1. The maximum atomic E-state index is 13.1. The third kappa shape index (κ3) is 3.47. The van der Waals surface area contributed by atoms with E-state index in [1.807, 2.05) is 18.0 Å². The third-order valence-corrected chi connectivity index (χ3v) is 5.68. The van der Waals surface area contributed by atoms with Crippen molar-refractivity contribution in [2.45, 2.75) is 19.0 Å². The van der Waals surface area contributed by atoms with Gasteiger partial charge in [0.15, 0.2) is 0 Å². The summed E-state index contributed by atoms with van der Waals surface area (Å²) in [5.41, 5.74) is 3.30. The van der Waals surface area contributed by atoms with Crippen molar-refractivity contribution in [3.05, 3.63) is 58.0 Å². The highest BCUT2D eigenvalue weighted by atomic mass is 16.2. The second-order valence-corrected chi connectivity index (χ2v) is 7.39. The van der Waals surface area contributed by atoms with Crippen molar-refractivity contribution in [1.29, 1.82) is 0 Å². The number of anilines is 1. The summed E-state index contributed by atoms with van der Waals surface area (Å²) in [6.07, 6.45) is 2.48. The van der Waals surface area contributed by atoms with Crippen LogP contribution in [0.1, 0.15) is 11.1 Å². The molecule has 27 heavy (non-hydrogen) atoms. The van der Waals surface area contributed by atoms with Crippen LogP contribution in [0.15, 0.2) is 41.3 Å². The second-order valence-electron chi connectivity index (χ2n) is 7.39. The molecule has 1 atom stereocenters. The Labute approximate surface area is 158 Å². The fourth-order valence-electron chi connectivity index (χ4n) is 3.96. The lowest BCUT2D eigenvalue weighted by Crippen LogP contribution is -2.55. The molecular weight excluding hydrogens is 342 g/mol. The number of fused-ring (bicyclic) bond motifs is 1. The maximum Gasteiger partial charge on any atom is 0.268 e. The molecule has 3 heterocycles. The van der Waals surface area contributed by atoms with Crippen molar-refractivity contribution >= 4 is 11.6 Å². The molecule has 1 amide bonds. The first kappa shape index (κ1) is 17.7. The Morgan fingerprint density at radius 3 is 2.48 bits per heavy atom. The van der Waals surface area contributed by atoms with Crippen molar-refractivity contribution in [1.82, 2.24) is 19.6 Å². The Balaban J connectivity index is 1.41. The number of hydrogen-bond donors (Lipinski definition) is 0. The fraction of sp³-hybridized carbons (Fsp3) is 0.450. The summed E-state index contributed by atoms with van der Waals surface area (Å²) in [7, 11) is 3.67. The first-order chi connectivity index (χ1) is 13.0. The van der Waals surface area contributed by atoms with Crippen LogP contribution in [0.4, 0.5) is 5.69 Å². The summed E-state index contributed by atoms with van der Waals surface area (Å²) in [6.45, 7) is 3.58. The molecule has 0 radical (unpaired) electrons. The Kier molecular flexibility index (Phi) is 4.70. The molecule has 0 spiro atoms. The summed E-state index contributed by atoms with van der Waals surface area (Å²) in [5.74, 6) is 0.203. The monoisotopic (exact) mass is 367 g/mol. The minimum Gasteiger partial charge on any atom is -0.367 e. The van der Waals surface area contributed by atoms with Crippen molar-refractivity contribution in [3.8, 4) is 0 Å². The number of aryl methyl sites for hydroxylation is 1. The fourth-order valence-corrected chi connectivity index (χ4v) is 3.96. The number of benzene rings is 1. The van der Waals surface area contributed by atoms with Gasteiger partial charge >= 0.3 is 0 Å². The number of carbonyl (C=O) groups is 1. The van der Waals surface area contributed by atoms with E-state index >= 15 is 0 Å². The molecule has 2 aromatic rings. The van der Waals surface area contributed by atoms with E-state index in [4.69, 9.17) is 0 Å². The molecule has 4 rings (SSSR count). The van der Waals surface area contributed by atoms with E-state index in [1.54, 1.807) is 19.3 Å². The lowest BCUT2D eigenvalue weighted by molar-refractivity contribution is -0.137. The summed E-state index contributed by atoms with van der Waals surface area (Å²) in [4.78, 5) is 31.2. The summed E-state index contributed by atoms with van der Waals surface area (Å²) in [5, 5.41) is 4.09. The zero-order valence-electron chi connectivity index (χ0n) is 15.8. The SMILES string of the molecule is CN1Cc2ccccc2CC1C(=O)N1CCN(c2cnn(C)c(=O)c2)CC1. The Hall–Kier alpha value is -2.67. The van der Waals surface area contributed by atoms with Gasteiger partial charge in [0.2, 0.25) is 5.91 Å². The van der Waals surface area contributed by atoms with Gasteiger partial charge in [-0.05, 0) is 24.6 Å². The van der Waals surface area contributed by atoms with Crippen molar-refractivity contribution in [2.24, 2.45) is 7.05 Å². The zero-order valence-corrected chi connectivity index (χ0v) is 15.8. The molecule has 1 fully saturated rings. The van der Waals surface area contributed by atoms with Crippen LogP contribution in [0.25, 0.3) is 0 Å². The van der Waals surface area contributed by atoms with Crippen LogP contribution in [0.5, 0.6) is 0 Å². The van der Waals surface area contributed by atoms with E-state index in [2.05, 4.69) is 33.1 Å². The maximum absolute atomic E-state index is 13.1. The van der Waals surface area contributed by atoms with Crippen LogP contribution >= 0.6 is 0 Å². The number of hydrogen-bond acceptors (Lipinski definition) is 5. The van der Waals surface area contributed by atoms with Gasteiger partial charge in [0.25, 0.3) is 5.56 Å². The highest BCUT2D eigenvalue weighted by molar-refractivity contribution is 5.83. The molecule has 2 aliphatic rings. The quantitative estimate of drug-likeness (QED) is 0.773. The Morgan fingerprint density at radius 1 is 1.07 bits per heavy atom. The molecule has 7 heteroatoms. The number of piperazine rings is 1. The predicted octanol–water partition coefficient (Wildman–Crippen LogP) is 0.486. The second kappa shape index (κ2) is 7.15. The van der Waals surface area contributed by atoms with Gasteiger partial charge < -0.3 is 9.80 Å². The third-order valence-electron chi connectivity index (χ3n) is 5.68. The Bertz CT molecular complexity index is 901. The van der Waals surface area contributed by atoms with Crippen LogP contribution in [0, 0.1) is 0 Å². The lowest BCUT2D eigenvalue weighted by Gasteiger charge is -2.40. The van der Waals surface area contributed by atoms with Crippen LogP contribution in [0.3, 0.4) is 0 Å².